The third kappa shape index (κ3) is 7.52. The highest BCUT2D eigenvalue weighted by Gasteiger charge is 2.22. The summed E-state index contributed by atoms with van der Waals surface area (Å²) in [6, 6.07) is 5.82. The first-order valence-corrected chi connectivity index (χ1v) is 9.47. The van der Waals surface area contributed by atoms with Gasteiger partial charge in [-0.25, -0.2) is 0 Å². The average molecular weight is 401 g/mol. The molecule has 1 aliphatic heterocycles. The minimum Gasteiger partial charge on any atom is -0.369 e. The molecule has 0 bridgehead atoms. The summed E-state index contributed by atoms with van der Waals surface area (Å²) in [5.41, 5.74) is 1.14. The van der Waals surface area contributed by atoms with Crippen LogP contribution in [0.5, 0.6) is 0 Å². The Balaban J connectivity index is 0.000000505. The Morgan fingerprint density at radius 3 is 2.12 bits per heavy atom. The first kappa shape index (κ1) is 21.4. The van der Waals surface area contributed by atoms with Crippen LogP contribution in [0.1, 0.15) is 13.3 Å². The van der Waals surface area contributed by atoms with Crippen LogP contribution < -0.4 is 4.90 Å². The van der Waals surface area contributed by atoms with E-state index in [0.29, 0.717) is 10.0 Å². The molecule has 0 aromatic heterocycles. The molecule has 1 aliphatic rings. The molecule has 0 spiro atoms. The number of piperazine rings is 1. The highest BCUT2D eigenvalue weighted by molar-refractivity contribution is 7.79. The van der Waals surface area contributed by atoms with Gasteiger partial charge in [-0.1, -0.05) is 30.1 Å². The van der Waals surface area contributed by atoms with E-state index in [1.807, 2.05) is 18.2 Å². The van der Waals surface area contributed by atoms with Gasteiger partial charge in [0.2, 0.25) is 0 Å². The summed E-state index contributed by atoms with van der Waals surface area (Å²) >= 11 is 12.0. The monoisotopic (exact) mass is 400 g/mol. The summed E-state index contributed by atoms with van der Waals surface area (Å²) in [7, 11) is -2.89. The minimum absolute atomic E-state index is 0.232. The van der Waals surface area contributed by atoms with E-state index >= 15 is 0 Å². The van der Waals surface area contributed by atoms with Crippen molar-refractivity contribution in [3.05, 3.63) is 28.2 Å². The van der Waals surface area contributed by atoms with E-state index in [9.17, 15) is 0 Å². The van der Waals surface area contributed by atoms with Crippen LogP contribution >= 0.6 is 23.2 Å². The zero-order valence-electron chi connectivity index (χ0n) is 13.5. The second-order valence-electron chi connectivity index (χ2n) is 5.17. The predicted molar refractivity (Wildman–Crippen MR) is 95.5 cm³/mol. The molecule has 1 fully saturated rings. The molecule has 1 heterocycles. The van der Waals surface area contributed by atoms with Gasteiger partial charge < -0.3 is 9.64 Å². The van der Waals surface area contributed by atoms with Gasteiger partial charge in [0.05, 0.1) is 10.0 Å². The zero-order valence-corrected chi connectivity index (χ0v) is 15.9. The number of ether oxygens (including phenoxy) is 1. The summed E-state index contributed by atoms with van der Waals surface area (Å²) in [5.74, 6) is 0. The van der Waals surface area contributed by atoms with Crippen LogP contribution in [0.3, 0.4) is 0 Å². The summed E-state index contributed by atoms with van der Waals surface area (Å²) in [5, 5.41) is 1.22. The smallest absolute Gasteiger partial charge is 0.369 e. The molecule has 0 aliphatic carbocycles. The molecule has 0 amide bonds. The second kappa shape index (κ2) is 9.76. The molecule has 2 rings (SSSR count). The van der Waals surface area contributed by atoms with Crippen molar-refractivity contribution in [1.82, 2.24) is 4.90 Å². The average Bonchev–Trinajstić information content (AvgIpc) is 2.50. The van der Waals surface area contributed by atoms with E-state index in [1.165, 1.54) is 0 Å². The van der Waals surface area contributed by atoms with Crippen LogP contribution in [0.4, 0.5) is 5.69 Å². The third-order valence-corrected chi connectivity index (χ3v) is 4.35. The van der Waals surface area contributed by atoms with E-state index in [-0.39, 0.29) is 6.23 Å². The van der Waals surface area contributed by atoms with Crippen LogP contribution in [0.25, 0.3) is 0 Å². The molecule has 1 aromatic carbocycles. The van der Waals surface area contributed by atoms with Crippen molar-refractivity contribution in [1.29, 1.82) is 0 Å². The molecule has 7 nitrogen and oxygen atoms in total. The maximum absolute atomic E-state index is 8.74. The van der Waals surface area contributed by atoms with Gasteiger partial charge in [0.15, 0.2) is 0 Å². The van der Waals surface area contributed by atoms with Crippen LogP contribution in [0.2, 0.25) is 10.0 Å². The number of nitrogens with zero attached hydrogens (tertiary/aromatic N) is 2. The Morgan fingerprint density at radius 2 is 1.71 bits per heavy atom. The van der Waals surface area contributed by atoms with Gasteiger partial charge in [0, 0.05) is 39.0 Å². The molecule has 24 heavy (non-hydrogen) atoms. The maximum atomic E-state index is 8.74. The van der Waals surface area contributed by atoms with Gasteiger partial charge in [0.1, 0.15) is 6.23 Å². The molecular formula is C14H22Cl2N2O5S. The highest BCUT2D eigenvalue weighted by Crippen LogP contribution is 2.28. The van der Waals surface area contributed by atoms with Gasteiger partial charge in [-0.3, -0.25) is 14.0 Å². The number of hydrogen-bond donors (Lipinski definition) is 2. The van der Waals surface area contributed by atoms with Crippen LogP contribution in [0, 0.1) is 0 Å². The lowest BCUT2D eigenvalue weighted by atomic mass is 10.2. The Bertz CT molecular complexity index is 610. The third-order valence-electron chi connectivity index (χ3n) is 3.61. The van der Waals surface area contributed by atoms with Gasteiger partial charge in [-0.05, 0) is 24.6 Å². The normalized spacial score (nSPS) is 17.2. The molecule has 138 valence electrons. The van der Waals surface area contributed by atoms with Gasteiger partial charge in [-0.2, -0.15) is 8.42 Å². The lowest BCUT2D eigenvalue weighted by Crippen LogP contribution is -2.50. The number of rotatable bonds is 4. The number of anilines is 1. The van der Waals surface area contributed by atoms with Crippen molar-refractivity contribution in [3.8, 4) is 0 Å². The molecule has 1 atom stereocenters. The molecular weight excluding hydrogens is 379 g/mol. The van der Waals surface area contributed by atoms with Crippen LogP contribution in [-0.2, 0) is 15.1 Å². The lowest BCUT2D eigenvalue weighted by Gasteiger charge is -2.39. The van der Waals surface area contributed by atoms with E-state index in [0.717, 1.165) is 38.3 Å². The lowest BCUT2D eigenvalue weighted by molar-refractivity contribution is -0.0367. The van der Waals surface area contributed by atoms with Crippen LogP contribution in [-0.4, -0.2) is 61.9 Å². The molecule has 0 radical (unpaired) electrons. The van der Waals surface area contributed by atoms with E-state index in [2.05, 4.69) is 16.7 Å². The van der Waals surface area contributed by atoms with Gasteiger partial charge in [-0.15, -0.1) is 0 Å². The second-order valence-corrected chi connectivity index (χ2v) is 6.88. The summed E-state index contributed by atoms with van der Waals surface area (Å²) in [6.45, 7) is 6.13. The summed E-state index contributed by atoms with van der Waals surface area (Å²) in [4.78, 5) is 4.72. The molecule has 1 saturated heterocycles. The quantitative estimate of drug-likeness (QED) is 0.750. The molecule has 0 saturated carbocycles. The predicted octanol–water partition coefficient (Wildman–Crippen LogP) is 2.85. The van der Waals surface area contributed by atoms with Crippen molar-refractivity contribution in [3.63, 3.8) is 0 Å². The first-order valence-electron chi connectivity index (χ1n) is 7.32. The fourth-order valence-electron chi connectivity index (χ4n) is 2.52. The maximum Gasteiger partial charge on any atom is 0.394 e. The van der Waals surface area contributed by atoms with E-state index < -0.39 is 10.4 Å². The Kier molecular flexibility index (Phi) is 8.72. The Hall–Kier alpha value is -0.610. The van der Waals surface area contributed by atoms with Crippen molar-refractivity contribution in [2.24, 2.45) is 0 Å². The summed E-state index contributed by atoms with van der Waals surface area (Å²) < 4.78 is 37.1. The molecule has 2 N–H and O–H groups in total. The standard InChI is InChI=1S/C14H20Cl2N2O.H2O4S/c1-3-14(19-2)18-8-6-17(7-9-18)11-4-5-12(15)13(16)10-11;1-5(2,3)4/h4-5,10,14H,3,6-9H2,1-2H3;(H2,1,2,3,4). The number of halogens is 2. The SMILES string of the molecule is CCC(OC)N1CCN(c2ccc(Cl)c(Cl)c2)CC1.O=S(=O)(O)O. The van der Waals surface area contributed by atoms with Crippen molar-refractivity contribution >= 4 is 39.3 Å². The fraction of sp³-hybridized carbons (Fsp3) is 0.571. The molecule has 1 aromatic rings. The first-order chi connectivity index (χ1) is 11.2. The van der Waals surface area contributed by atoms with Crippen molar-refractivity contribution < 1.29 is 22.3 Å². The Labute approximate surface area is 152 Å². The topological polar surface area (TPSA) is 90.3 Å². The van der Waals surface area contributed by atoms with Crippen molar-refractivity contribution in [2.75, 3.05) is 38.2 Å². The van der Waals surface area contributed by atoms with Crippen molar-refractivity contribution in [2.45, 2.75) is 19.6 Å². The molecule has 10 heteroatoms. The van der Waals surface area contributed by atoms with Crippen LogP contribution in [0.15, 0.2) is 18.2 Å². The fourth-order valence-corrected chi connectivity index (χ4v) is 2.82. The minimum atomic E-state index is -4.67. The Morgan fingerprint density at radius 1 is 1.17 bits per heavy atom. The number of benzene rings is 1. The zero-order chi connectivity index (χ0) is 18.3. The van der Waals surface area contributed by atoms with E-state index in [1.54, 1.807) is 7.11 Å². The van der Waals surface area contributed by atoms with Gasteiger partial charge in [0.25, 0.3) is 0 Å². The summed E-state index contributed by atoms with van der Waals surface area (Å²) in [6.07, 6.45) is 1.25. The highest BCUT2D eigenvalue weighted by atomic mass is 35.5. The largest absolute Gasteiger partial charge is 0.394 e. The number of hydrogen-bond acceptors (Lipinski definition) is 5. The van der Waals surface area contributed by atoms with Gasteiger partial charge >= 0.3 is 10.4 Å². The number of methoxy groups -OCH3 is 1. The van der Waals surface area contributed by atoms with E-state index in [4.69, 9.17) is 45.5 Å². The molecule has 1 unspecified atom stereocenters.